The predicted octanol–water partition coefficient (Wildman–Crippen LogP) is 5.86. The fourth-order valence-corrected chi connectivity index (χ4v) is 6.45. The van der Waals surface area contributed by atoms with Crippen LogP contribution in [0.2, 0.25) is 0 Å². The smallest absolute Gasteiger partial charge is 0.410 e. The average Bonchev–Trinajstić information content (AvgIpc) is 3.07. The molecule has 0 aliphatic carbocycles. The Morgan fingerprint density at radius 3 is 2.46 bits per heavy atom. The van der Waals surface area contributed by atoms with E-state index < -0.39 is 57.5 Å². The molecule has 16 heteroatoms. The van der Waals surface area contributed by atoms with Crippen LogP contribution in [0.5, 0.6) is 5.75 Å². The molecule has 0 saturated carbocycles. The molecule has 3 aromatic heterocycles. The third-order valence-electron chi connectivity index (χ3n) is 8.76. The number of anilines is 1. The minimum Gasteiger partial charge on any atom is -0.496 e. The number of benzene rings is 1. The summed E-state index contributed by atoms with van der Waals surface area (Å²) in [4.78, 5) is 52.0. The van der Waals surface area contributed by atoms with Crippen molar-refractivity contribution in [3.05, 3.63) is 79.9 Å². The van der Waals surface area contributed by atoms with E-state index in [1.54, 1.807) is 40.0 Å². The van der Waals surface area contributed by atoms with Crippen LogP contribution in [0.25, 0.3) is 28.0 Å². The van der Waals surface area contributed by atoms with E-state index in [-0.39, 0.29) is 65.7 Å². The molecule has 5 rings (SSSR count). The topological polar surface area (TPSA) is 162 Å². The van der Waals surface area contributed by atoms with Gasteiger partial charge in [0.15, 0.2) is 17.8 Å². The van der Waals surface area contributed by atoms with Crippen LogP contribution in [0.1, 0.15) is 58.2 Å². The van der Waals surface area contributed by atoms with Crippen molar-refractivity contribution in [2.24, 2.45) is 0 Å². The average molecular weight is 725 g/mol. The van der Waals surface area contributed by atoms with Gasteiger partial charge in [-0.1, -0.05) is 19.9 Å². The summed E-state index contributed by atoms with van der Waals surface area (Å²) in [5.74, 6) is -2.21. The number of aliphatic hydroxyl groups excluding tert-OH is 1. The minimum atomic E-state index is -1.38. The summed E-state index contributed by atoms with van der Waals surface area (Å²) in [7, 11) is 2.55. The van der Waals surface area contributed by atoms with Crippen LogP contribution in [-0.4, -0.2) is 87.3 Å². The maximum Gasteiger partial charge on any atom is 0.410 e. The summed E-state index contributed by atoms with van der Waals surface area (Å²) in [5, 5.41) is 23.5. The largest absolute Gasteiger partial charge is 0.496 e. The number of carbonyl (C=O) groups is 1. The van der Waals surface area contributed by atoms with E-state index >= 15 is 8.78 Å². The SMILES string of the molecule is COc1cccc(F)c1-c1nc2c(cc1F)c(N1CCN(C(=O)OC(C)(C)C)CC1CC(O)OC)c([N+](=O)[O-])c(=O)n2-c1c(C)ccnc1C(C)C. The minimum absolute atomic E-state index is 0.00411. The lowest BCUT2D eigenvalue weighted by molar-refractivity contribution is -0.385. The number of halogens is 2. The second-order valence-corrected chi connectivity index (χ2v) is 13.8. The highest BCUT2D eigenvalue weighted by Gasteiger charge is 2.40. The third-order valence-corrected chi connectivity index (χ3v) is 8.76. The van der Waals surface area contributed by atoms with Gasteiger partial charge in [-0.2, -0.15) is 0 Å². The van der Waals surface area contributed by atoms with Crippen LogP contribution in [0.3, 0.4) is 0 Å². The van der Waals surface area contributed by atoms with Crippen LogP contribution >= 0.6 is 0 Å². The van der Waals surface area contributed by atoms with E-state index in [1.807, 2.05) is 13.8 Å². The summed E-state index contributed by atoms with van der Waals surface area (Å²) < 4.78 is 49.0. The molecule has 0 radical (unpaired) electrons. The maximum absolute atomic E-state index is 16.5. The molecule has 1 amide bonds. The number of piperazine rings is 1. The van der Waals surface area contributed by atoms with Gasteiger partial charge in [-0.15, -0.1) is 0 Å². The van der Waals surface area contributed by atoms with Gasteiger partial charge in [0.05, 0.1) is 40.4 Å². The second kappa shape index (κ2) is 14.8. The van der Waals surface area contributed by atoms with Crippen LogP contribution in [-0.2, 0) is 9.47 Å². The number of hydrogen-bond donors (Lipinski definition) is 1. The Hall–Kier alpha value is -5.22. The first-order valence-corrected chi connectivity index (χ1v) is 16.7. The Balaban J connectivity index is 1.90. The molecule has 1 aliphatic heterocycles. The number of rotatable bonds is 9. The first-order chi connectivity index (χ1) is 24.5. The molecule has 0 bridgehead atoms. The van der Waals surface area contributed by atoms with E-state index in [0.29, 0.717) is 11.3 Å². The Labute approximate surface area is 298 Å². The number of aryl methyl sites for hydroxylation is 1. The summed E-state index contributed by atoms with van der Waals surface area (Å²) in [6, 6.07) is 5.63. The number of amides is 1. The zero-order chi connectivity index (χ0) is 38.2. The monoisotopic (exact) mass is 724 g/mol. The number of fused-ring (bicyclic) bond motifs is 1. The Morgan fingerprint density at radius 2 is 1.85 bits per heavy atom. The standard InChI is InChI=1S/C36H42F2N6O8/c1-19(2)28-30(20(3)12-13-39-28)43-33-22(17-24(38)29(40-33)27-23(37)10-9-11-25(27)50-7)31(32(34(43)46)44(48)49)42-15-14-41(35(47)52-36(4,5)6)18-21(42)16-26(45)51-8/h9-13,17,19,21,26,45H,14-16,18H2,1-8H3. The molecule has 278 valence electrons. The van der Waals surface area contributed by atoms with Crippen molar-refractivity contribution in [1.29, 1.82) is 0 Å². The van der Waals surface area contributed by atoms with Gasteiger partial charge in [0.1, 0.15) is 28.5 Å². The predicted molar refractivity (Wildman–Crippen MR) is 189 cm³/mol. The Bertz CT molecular complexity index is 2080. The van der Waals surface area contributed by atoms with E-state index in [1.165, 1.54) is 36.2 Å². The molecule has 1 N–H and O–H groups in total. The highest BCUT2D eigenvalue weighted by Crippen LogP contribution is 2.41. The van der Waals surface area contributed by atoms with Crippen LogP contribution in [0.4, 0.5) is 25.0 Å². The number of ether oxygens (including phenoxy) is 3. The lowest BCUT2D eigenvalue weighted by Crippen LogP contribution is -2.57. The zero-order valence-corrected chi connectivity index (χ0v) is 30.3. The second-order valence-electron chi connectivity index (χ2n) is 13.8. The molecule has 2 unspecified atom stereocenters. The maximum atomic E-state index is 16.5. The number of nitro groups is 1. The van der Waals surface area contributed by atoms with Crippen LogP contribution in [0.15, 0.2) is 41.3 Å². The van der Waals surface area contributed by atoms with Gasteiger partial charge in [0.2, 0.25) is 0 Å². The molecule has 14 nitrogen and oxygen atoms in total. The zero-order valence-electron chi connectivity index (χ0n) is 30.3. The summed E-state index contributed by atoms with van der Waals surface area (Å²) in [6.45, 7) is 10.3. The molecule has 1 aliphatic rings. The van der Waals surface area contributed by atoms with Crippen molar-refractivity contribution >= 4 is 28.5 Å². The van der Waals surface area contributed by atoms with Crippen LogP contribution in [0, 0.1) is 28.7 Å². The molecule has 1 fully saturated rings. The van der Waals surface area contributed by atoms with E-state index in [2.05, 4.69) is 9.97 Å². The molecular weight excluding hydrogens is 682 g/mol. The lowest BCUT2D eigenvalue weighted by Gasteiger charge is -2.43. The van der Waals surface area contributed by atoms with E-state index in [0.717, 1.165) is 16.7 Å². The summed E-state index contributed by atoms with van der Waals surface area (Å²) >= 11 is 0. The van der Waals surface area contributed by atoms with E-state index in [4.69, 9.17) is 14.2 Å². The van der Waals surface area contributed by atoms with Crippen molar-refractivity contribution < 1.29 is 37.8 Å². The van der Waals surface area contributed by atoms with Gasteiger partial charge < -0.3 is 29.1 Å². The third kappa shape index (κ3) is 7.25. The van der Waals surface area contributed by atoms with Gasteiger partial charge in [0.25, 0.3) is 0 Å². The number of pyridine rings is 3. The quantitative estimate of drug-likeness (QED) is 0.125. The van der Waals surface area contributed by atoms with Gasteiger partial charge in [-0.3, -0.25) is 24.5 Å². The first-order valence-electron chi connectivity index (χ1n) is 16.7. The molecule has 2 atom stereocenters. The van der Waals surface area contributed by atoms with Crippen molar-refractivity contribution in [3.8, 4) is 22.7 Å². The van der Waals surface area contributed by atoms with Crippen molar-refractivity contribution in [3.63, 3.8) is 0 Å². The number of carbonyl (C=O) groups excluding carboxylic acids is 1. The van der Waals surface area contributed by atoms with Crippen molar-refractivity contribution in [1.82, 2.24) is 19.4 Å². The van der Waals surface area contributed by atoms with Crippen LogP contribution < -0.4 is 15.2 Å². The number of methoxy groups -OCH3 is 2. The molecule has 1 saturated heterocycles. The van der Waals surface area contributed by atoms with Crippen molar-refractivity contribution in [2.45, 2.75) is 71.8 Å². The number of hydrogen-bond acceptors (Lipinski definition) is 11. The molecule has 1 aromatic carbocycles. The Kier molecular flexibility index (Phi) is 10.8. The highest BCUT2D eigenvalue weighted by atomic mass is 19.1. The van der Waals surface area contributed by atoms with Crippen molar-refractivity contribution in [2.75, 3.05) is 38.8 Å². The molecular formula is C36H42F2N6O8. The van der Waals surface area contributed by atoms with E-state index in [9.17, 15) is 24.8 Å². The molecule has 4 heterocycles. The first kappa shape index (κ1) is 38.0. The Morgan fingerprint density at radius 1 is 1.13 bits per heavy atom. The summed E-state index contributed by atoms with van der Waals surface area (Å²) in [6.07, 6.45) is -0.651. The highest BCUT2D eigenvalue weighted by molar-refractivity contribution is 5.97. The van der Waals surface area contributed by atoms with Gasteiger partial charge in [0, 0.05) is 39.4 Å². The normalized spacial score (nSPS) is 15.7. The number of aliphatic hydroxyl groups is 1. The summed E-state index contributed by atoms with van der Waals surface area (Å²) in [5.41, 5.74) is -3.00. The van der Waals surface area contributed by atoms with Gasteiger partial charge in [-0.05, 0) is 63.4 Å². The van der Waals surface area contributed by atoms with Gasteiger partial charge >= 0.3 is 17.3 Å². The molecule has 4 aromatic rings. The molecule has 0 spiro atoms. The fraction of sp³-hybridized carbons (Fsp3) is 0.444. The molecule has 52 heavy (non-hydrogen) atoms. The fourth-order valence-electron chi connectivity index (χ4n) is 6.45. The number of aromatic nitrogens is 3. The van der Waals surface area contributed by atoms with Gasteiger partial charge in [-0.25, -0.2) is 18.6 Å². The lowest BCUT2D eigenvalue weighted by atomic mass is 10.0. The number of nitrogens with zero attached hydrogens (tertiary/aromatic N) is 6.